The van der Waals surface area contributed by atoms with E-state index in [-0.39, 0.29) is 5.82 Å². The highest BCUT2D eigenvalue weighted by atomic mass is 19.1. The summed E-state index contributed by atoms with van der Waals surface area (Å²) in [5.74, 6) is -0.219. The molecule has 19 heavy (non-hydrogen) atoms. The molecular formula is C14H18FN3O. The standard InChI is InChI=1S/C14H18FN3O/c1-10-4-3-5-13(15)12(10)7-16-8-14(19)11-6-17-18(2)9-11/h3-6,9,14,16,19H,7-8H2,1-2H3. The van der Waals surface area contributed by atoms with E-state index in [1.54, 1.807) is 30.2 Å². The van der Waals surface area contributed by atoms with Crippen LogP contribution in [0.1, 0.15) is 22.8 Å². The minimum Gasteiger partial charge on any atom is -0.387 e. The van der Waals surface area contributed by atoms with Gasteiger partial charge in [0.2, 0.25) is 0 Å². The zero-order chi connectivity index (χ0) is 13.8. The molecule has 102 valence electrons. The van der Waals surface area contributed by atoms with E-state index in [2.05, 4.69) is 10.4 Å². The Hall–Kier alpha value is -1.72. The maximum absolute atomic E-state index is 13.6. The molecule has 0 spiro atoms. The van der Waals surface area contributed by atoms with E-state index in [0.29, 0.717) is 18.7 Å². The first-order valence-electron chi connectivity index (χ1n) is 6.19. The number of hydrogen-bond donors (Lipinski definition) is 2. The number of aliphatic hydroxyl groups is 1. The molecule has 1 unspecified atom stereocenters. The summed E-state index contributed by atoms with van der Waals surface area (Å²) in [7, 11) is 1.80. The van der Waals surface area contributed by atoms with Crippen LogP contribution in [0.5, 0.6) is 0 Å². The summed E-state index contributed by atoms with van der Waals surface area (Å²) in [4.78, 5) is 0. The van der Waals surface area contributed by atoms with Crippen molar-refractivity contribution in [3.05, 3.63) is 53.1 Å². The van der Waals surface area contributed by atoms with Crippen molar-refractivity contribution in [1.82, 2.24) is 15.1 Å². The highest BCUT2D eigenvalue weighted by molar-refractivity contribution is 5.27. The molecule has 0 bridgehead atoms. The third-order valence-electron chi connectivity index (χ3n) is 3.10. The van der Waals surface area contributed by atoms with Gasteiger partial charge in [-0.1, -0.05) is 12.1 Å². The molecule has 4 nitrogen and oxygen atoms in total. The molecule has 0 fully saturated rings. The summed E-state index contributed by atoms with van der Waals surface area (Å²) in [5.41, 5.74) is 2.30. The molecule has 0 aliphatic heterocycles. The lowest BCUT2D eigenvalue weighted by atomic mass is 10.1. The normalized spacial score (nSPS) is 12.6. The minimum absolute atomic E-state index is 0.219. The summed E-state index contributed by atoms with van der Waals surface area (Å²) < 4.78 is 15.2. The fourth-order valence-electron chi connectivity index (χ4n) is 1.95. The van der Waals surface area contributed by atoms with Gasteiger partial charge in [0.15, 0.2) is 0 Å². The van der Waals surface area contributed by atoms with Crippen molar-refractivity contribution in [3.63, 3.8) is 0 Å². The number of rotatable bonds is 5. The molecule has 0 aliphatic rings. The van der Waals surface area contributed by atoms with Gasteiger partial charge in [0.05, 0.1) is 12.3 Å². The summed E-state index contributed by atoms with van der Waals surface area (Å²) in [5, 5.41) is 17.0. The Morgan fingerprint density at radius 2 is 2.26 bits per heavy atom. The van der Waals surface area contributed by atoms with Gasteiger partial charge in [-0.3, -0.25) is 4.68 Å². The lowest BCUT2D eigenvalue weighted by Crippen LogP contribution is -2.22. The number of nitrogens with one attached hydrogen (secondary N) is 1. The maximum atomic E-state index is 13.6. The van der Waals surface area contributed by atoms with E-state index in [1.165, 1.54) is 6.07 Å². The summed E-state index contributed by atoms with van der Waals surface area (Å²) in [6.45, 7) is 2.63. The van der Waals surface area contributed by atoms with Crippen LogP contribution in [0.4, 0.5) is 4.39 Å². The summed E-state index contributed by atoms with van der Waals surface area (Å²) in [6, 6.07) is 5.01. The van der Waals surface area contributed by atoms with Gasteiger partial charge in [-0.15, -0.1) is 0 Å². The number of aliphatic hydroxyl groups excluding tert-OH is 1. The second kappa shape index (κ2) is 5.95. The fraction of sp³-hybridized carbons (Fsp3) is 0.357. The number of aryl methyl sites for hydroxylation is 2. The number of nitrogens with zero attached hydrogens (tertiary/aromatic N) is 2. The average Bonchev–Trinajstić information content (AvgIpc) is 2.79. The molecule has 0 aliphatic carbocycles. The highest BCUT2D eigenvalue weighted by Crippen LogP contribution is 2.13. The Labute approximate surface area is 111 Å². The first-order chi connectivity index (χ1) is 9.08. The molecule has 5 heteroatoms. The Kier molecular flexibility index (Phi) is 4.29. The van der Waals surface area contributed by atoms with Crippen LogP contribution in [-0.4, -0.2) is 21.4 Å². The van der Waals surface area contributed by atoms with Crippen molar-refractivity contribution in [2.45, 2.75) is 19.6 Å². The van der Waals surface area contributed by atoms with Crippen LogP contribution >= 0.6 is 0 Å². The fourth-order valence-corrected chi connectivity index (χ4v) is 1.95. The van der Waals surface area contributed by atoms with Crippen molar-refractivity contribution in [1.29, 1.82) is 0 Å². The highest BCUT2D eigenvalue weighted by Gasteiger charge is 2.10. The second-order valence-corrected chi connectivity index (χ2v) is 4.63. The Morgan fingerprint density at radius 3 is 2.89 bits per heavy atom. The van der Waals surface area contributed by atoms with Crippen molar-refractivity contribution in [2.75, 3.05) is 6.54 Å². The van der Waals surface area contributed by atoms with E-state index in [4.69, 9.17) is 0 Å². The Balaban J connectivity index is 1.90. The molecule has 0 radical (unpaired) electrons. The Bertz CT molecular complexity index is 533. The van der Waals surface area contributed by atoms with Crippen LogP contribution in [0.15, 0.2) is 30.6 Å². The van der Waals surface area contributed by atoms with Gasteiger partial charge in [0.1, 0.15) is 5.82 Å². The van der Waals surface area contributed by atoms with Crippen molar-refractivity contribution < 1.29 is 9.50 Å². The SMILES string of the molecule is Cc1cccc(F)c1CNCC(O)c1cnn(C)c1. The molecule has 1 heterocycles. The van der Waals surface area contributed by atoms with Gasteiger partial charge in [-0.25, -0.2) is 4.39 Å². The predicted octanol–water partition coefficient (Wildman–Crippen LogP) is 1.69. The lowest BCUT2D eigenvalue weighted by Gasteiger charge is -2.12. The smallest absolute Gasteiger partial charge is 0.127 e. The first kappa shape index (κ1) is 13.7. The van der Waals surface area contributed by atoms with Gasteiger partial charge in [-0.05, 0) is 18.6 Å². The molecular weight excluding hydrogens is 245 g/mol. The van der Waals surface area contributed by atoms with Gasteiger partial charge in [0.25, 0.3) is 0 Å². The second-order valence-electron chi connectivity index (χ2n) is 4.63. The van der Waals surface area contributed by atoms with Crippen LogP contribution in [0.25, 0.3) is 0 Å². The predicted molar refractivity (Wildman–Crippen MR) is 71.0 cm³/mol. The molecule has 2 aromatic rings. The van der Waals surface area contributed by atoms with Crippen LogP contribution in [-0.2, 0) is 13.6 Å². The van der Waals surface area contributed by atoms with E-state index >= 15 is 0 Å². The van der Waals surface area contributed by atoms with E-state index in [9.17, 15) is 9.50 Å². The lowest BCUT2D eigenvalue weighted by molar-refractivity contribution is 0.174. The number of benzene rings is 1. The number of halogens is 1. The van der Waals surface area contributed by atoms with Crippen molar-refractivity contribution in [3.8, 4) is 0 Å². The third kappa shape index (κ3) is 3.39. The molecule has 0 amide bonds. The van der Waals surface area contributed by atoms with E-state index < -0.39 is 6.10 Å². The van der Waals surface area contributed by atoms with Crippen molar-refractivity contribution >= 4 is 0 Å². The molecule has 0 saturated carbocycles. The number of aromatic nitrogens is 2. The van der Waals surface area contributed by atoms with Gasteiger partial charge < -0.3 is 10.4 Å². The van der Waals surface area contributed by atoms with Gasteiger partial charge in [-0.2, -0.15) is 5.10 Å². The number of hydrogen-bond acceptors (Lipinski definition) is 3. The topological polar surface area (TPSA) is 50.1 Å². The molecule has 0 saturated heterocycles. The van der Waals surface area contributed by atoms with Crippen LogP contribution in [0.3, 0.4) is 0 Å². The monoisotopic (exact) mass is 263 g/mol. The molecule has 1 aromatic carbocycles. The zero-order valence-electron chi connectivity index (χ0n) is 11.1. The minimum atomic E-state index is -0.638. The third-order valence-corrected chi connectivity index (χ3v) is 3.10. The maximum Gasteiger partial charge on any atom is 0.127 e. The van der Waals surface area contributed by atoms with E-state index in [0.717, 1.165) is 11.1 Å². The van der Waals surface area contributed by atoms with E-state index in [1.807, 2.05) is 13.0 Å². The van der Waals surface area contributed by atoms with Crippen LogP contribution in [0.2, 0.25) is 0 Å². The molecule has 2 rings (SSSR count). The molecule has 1 atom stereocenters. The summed E-state index contributed by atoms with van der Waals surface area (Å²) in [6.07, 6.45) is 2.75. The summed E-state index contributed by atoms with van der Waals surface area (Å²) >= 11 is 0. The Morgan fingerprint density at radius 1 is 1.47 bits per heavy atom. The first-order valence-corrected chi connectivity index (χ1v) is 6.19. The zero-order valence-corrected chi connectivity index (χ0v) is 11.1. The van der Waals surface area contributed by atoms with Gasteiger partial charge >= 0.3 is 0 Å². The van der Waals surface area contributed by atoms with Crippen LogP contribution < -0.4 is 5.32 Å². The molecule has 2 N–H and O–H groups in total. The van der Waals surface area contributed by atoms with Gasteiger partial charge in [0, 0.05) is 37.5 Å². The molecule has 1 aromatic heterocycles. The van der Waals surface area contributed by atoms with Crippen molar-refractivity contribution in [2.24, 2.45) is 7.05 Å². The average molecular weight is 263 g/mol. The quantitative estimate of drug-likeness (QED) is 0.863. The van der Waals surface area contributed by atoms with Crippen LogP contribution in [0, 0.1) is 12.7 Å². The largest absolute Gasteiger partial charge is 0.387 e.